The Hall–Kier alpha value is -0.570. The average molecular weight is 188 g/mol. The van der Waals surface area contributed by atoms with Crippen LogP contribution in [0, 0.1) is 0 Å². The second kappa shape index (κ2) is 2.82. The summed E-state index contributed by atoms with van der Waals surface area (Å²) in [6.45, 7) is 0. The number of alkyl halides is 1. The van der Waals surface area contributed by atoms with Crippen LogP contribution in [-0.4, -0.2) is 11.3 Å². The first kappa shape index (κ1) is 6.55. The zero-order valence-corrected chi connectivity index (χ0v) is 6.26. The molecule has 48 valence electrons. The van der Waals surface area contributed by atoms with Gasteiger partial charge in [-0.2, -0.15) is 0 Å². The van der Waals surface area contributed by atoms with Crippen molar-refractivity contribution in [2.75, 3.05) is 0 Å². The monoisotopic (exact) mass is 187 g/mol. The summed E-state index contributed by atoms with van der Waals surface area (Å²) in [5.41, 5.74) is 0.894. The molecule has 2 nitrogen and oxygen atoms in total. The first-order valence-electron chi connectivity index (χ1n) is 2.57. The fraction of sp³-hybridized carbons (Fsp3) is 0.167. The highest BCUT2D eigenvalue weighted by Gasteiger charge is 2.03. The van der Waals surface area contributed by atoms with Crippen molar-refractivity contribution in [3.63, 3.8) is 0 Å². The fourth-order valence-electron chi connectivity index (χ4n) is 0.589. The first-order chi connectivity index (χ1) is 4.34. The van der Waals surface area contributed by atoms with E-state index in [1.54, 1.807) is 6.20 Å². The first-order valence-corrected chi connectivity index (χ1v) is 3.49. The van der Waals surface area contributed by atoms with Gasteiger partial charge in [0.1, 0.15) is 11.1 Å². The topological polar surface area (TPSA) is 32.9 Å². The van der Waals surface area contributed by atoms with Crippen molar-refractivity contribution in [3.05, 3.63) is 24.0 Å². The SMILES string of the molecule is O=CC(Br)c1ccc[nH]1. The Morgan fingerprint density at radius 3 is 3.00 bits per heavy atom. The van der Waals surface area contributed by atoms with Gasteiger partial charge in [0, 0.05) is 11.9 Å². The van der Waals surface area contributed by atoms with Crippen LogP contribution < -0.4 is 0 Å². The van der Waals surface area contributed by atoms with E-state index in [0.29, 0.717) is 0 Å². The molecule has 0 spiro atoms. The van der Waals surface area contributed by atoms with Gasteiger partial charge in [-0.3, -0.25) is 0 Å². The Kier molecular flexibility index (Phi) is 2.05. The van der Waals surface area contributed by atoms with Crippen LogP contribution in [0.2, 0.25) is 0 Å². The van der Waals surface area contributed by atoms with Crippen molar-refractivity contribution in [2.45, 2.75) is 4.83 Å². The Morgan fingerprint density at radius 2 is 2.56 bits per heavy atom. The van der Waals surface area contributed by atoms with Crippen molar-refractivity contribution < 1.29 is 4.79 Å². The molecule has 0 saturated carbocycles. The van der Waals surface area contributed by atoms with E-state index < -0.39 is 0 Å². The van der Waals surface area contributed by atoms with Gasteiger partial charge in [-0.25, -0.2) is 0 Å². The summed E-state index contributed by atoms with van der Waals surface area (Å²) in [5.74, 6) is 0. The van der Waals surface area contributed by atoms with Crippen molar-refractivity contribution in [1.82, 2.24) is 4.98 Å². The molecular formula is C6H6BrNO. The summed E-state index contributed by atoms with van der Waals surface area (Å²) in [6, 6.07) is 3.71. The van der Waals surface area contributed by atoms with E-state index >= 15 is 0 Å². The third-order valence-electron chi connectivity index (χ3n) is 1.04. The lowest BCUT2D eigenvalue weighted by Crippen LogP contribution is -1.88. The van der Waals surface area contributed by atoms with Crippen LogP contribution in [0.1, 0.15) is 10.5 Å². The maximum Gasteiger partial charge on any atom is 0.139 e. The zero-order valence-electron chi connectivity index (χ0n) is 4.67. The molecule has 1 rings (SSSR count). The molecule has 0 radical (unpaired) electrons. The minimum Gasteiger partial charge on any atom is -0.364 e. The van der Waals surface area contributed by atoms with Gasteiger partial charge in [-0.1, -0.05) is 15.9 Å². The van der Waals surface area contributed by atoms with Crippen LogP contribution in [0.4, 0.5) is 0 Å². The lowest BCUT2D eigenvalue weighted by Gasteiger charge is -1.93. The third-order valence-corrected chi connectivity index (χ3v) is 1.75. The molecule has 0 amide bonds. The maximum absolute atomic E-state index is 10.1. The van der Waals surface area contributed by atoms with E-state index in [9.17, 15) is 4.79 Å². The molecule has 0 aliphatic rings. The molecule has 1 heterocycles. The number of H-pyrrole nitrogens is 1. The van der Waals surface area contributed by atoms with Gasteiger partial charge in [-0.05, 0) is 12.1 Å². The molecule has 0 aliphatic carbocycles. The number of carbonyl (C=O) groups excluding carboxylic acids is 1. The largest absolute Gasteiger partial charge is 0.364 e. The van der Waals surface area contributed by atoms with Gasteiger partial charge < -0.3 is 9.78 Å². The molecule has 1 N–H and O–H groups in total. The summed E-state index contributed by atoms with van der Waals surface area (Å²) >= 11 is 3.16. The number of rotatable bonds is 2. The molecule has 3 heteroatoms. The predicted octanol–water partition coefficient (Wildman–Crippen LogP) is 1.65. The van der Waals surface area contributed by atoms with Gasteiger partial charge >= 0.3 is 0 Å². The van der Waals surface area contributed by atoms with E-state index in [0.717, 1.165) is 12.0 Å². The lowest BCUT2D eigenvalue weighted by atomic mass is 10.3. The second-order valence-electron chi connectivity index (χ2n) is 1.66. The zero-order chi connectivity index (χ0) is 6.69. The summed E-state index contributed by atoms with van der Waals surface area (Å²) in [4.78, 5) is 12.9. The summed E-state index contributed by atoms with van der Waals surface area (Å²) < 4.78 is 0. The molecule has 1 aromatic heterocycles. The van der Waals surface area contributed by atoms with Crippen LogP contribution >= 0.6 is 15.9 Å². The lowest BCUT2D eigenvalue weighted by molar-refractivity contribution is -0.107. The van der Waals surface area contributed by atoms with Gasteiger partial charge in [0.25, 0.3) is 0 Å². The van der Waals surface area contributed by atoms with Gasteiger partial charge in [-0.15, -0.1) is 0 Å². The van der Waals surface area contributed by atoms with Crippen LogP contribution in [0.25, 0.3) is 0 Å². The molecule has 0 saturated heterocycles. The number of halogens is 1. The number of hydrogen-bond acceptors (Lipinski definition) is 1. The number of aromatic nitrogens is 1. The van der Waals surface area contributed by atoms with Crippen LogP contribution in [0.3, 0.4) is 0 Å². The van der Waals surface area contributed by atoms with Crippen LogP contribution in [0.15, 0.2) is 18.3 Å². The molecule has 9 heavy (non-hydrogen) atoms. The van der Waals surface area contributed by atoms with Crippen molar-refractivity contribution in [1.29, 1.82) is 0 Å². The van der Waals surface area contributed by atoms with E-state index in [1.165, 1.54) is 0 Å². The number of nitrogens with one attached hydrogen (secondary N) is 1. The Balaban J connectivity index is 2.76. The van der Waals surface area contributed by atoms with E-state index in [-0.39, 0.29) is 4.83 Å². The normalized spacial score (nSPS) is 13.0. The number of aldehydes is 1. The number of aromatic amines is 1. The quantitative estimate of drug-likeness (QED) is 0.555. The summed E-state index contributed by atoms with van der Waals surface area (Å²) in [6.07, 6.45) is 2.62. The van der Waals surface area contributed by atoms with E-state index in [1.807, 2.05) is 12.1 Å². The van der Waals surface area contributed by atoms with E-state index in [4.69, 9.17) is 0 Å². The van der Waals surface area contributed by atoms with Crippen molar-refractivity contribution >= 4 is 22.2 Å². The molecule has 0 fully saturated rings. The molecular weight excluding hydrogens is 182 g/mol. The Labute approximate surface area is 61.4 Å². The third kappa shape index (κ3) is 1.42. The van der Waals surface area contributed by atoms with E-state index in [2.05, 4.69) is 20.9 Å². The molecule has 1 unspecified atom stereocenters. The molecule has 0 aliphatic heterocycles. The molecule has 0 bridgehead atoms. The van der Waals surface area contributed by atoms with Crippen molar-refractivity contribution in [2.24, 2.45) is 0 Å². The molecule has 1 atom stereocenters. The smallest absolute Gasteiger partial charge is 0.139 e. The average Bonchev–Trinajstić information content (AvgIpc) is 2.37. The highest BCUT2D eigenvalue weighted by Crippen LogP contribution is 2.16. The van der Waals surface area contributed by atoms with Crippen LogP contribution in [0.5, 0.6) is 0 Å². The number of carbonyl (C=O) groups is 1. The van der Waals surface area contributed by atoms with Crippen LogP contribution in [-0.2, 0) is 4.79 Å². The minimum absolute atomic E-state index is 0.188. The van der Waals surface area contributed by atoms with Gasteiger partial charge in [0.2, 0.25) is 0 Å². The highest BCUT2D eigenvalue weighted by molar-refractivity contribution is 9.09. The maximum atomic E-state index is 10.1. The molecule has 0 aromatic carbocycles. The fourth-order valence-corrected chi connectivity index (χ4v) is 0.874. The highest BCUT2D eigenvalue weighted by atomic mass is 79.9. The minimum atomic E-state index is -0.188. The number of hydrogen-bond donors (Lipinski definition) is 1. The summed E-state index contributed by atoms with van der Waals surface area (Å²) in [7, 11) is 0. The second-order valence-corrected chi connectivity index (χ2v) is 2.65. The Morgan fingerprint density at radius 1 is 1.78 bits per heavy atom. The van der Waals surface area contributed by atoms with Gasteiger partial charge in [0.15, 0.2) is 0 Å². The standard InChI is InChI=1S/C6H6BrNO/c7-5(4-9)6-2-1-3-8-6/h1-5,8H. The Bertz CT molecular complexity index is 183. The van der Waals surface area contributed by atoms with Crippen molar-refractivity contribution in [3.8, 4) is 0 Å². The predicted molar refractivity (Wildman–Crippen MR) is 38.5 cm³/mol. The summed E-state index contributed by atoms with van der Waals surface area (Å²) in [5, 5.41) is 0. The van der Waals surface area contributed by atoms with Gasteiger partial charge in [0.05, 0.1) is 0 Å². The molecule has 1 aromatic rings.